The Morgan fingerprint density at radius 3 is 2.37 bits per heavy atom. The second kappa shape index (κ2) is 12.2. The van der Waals surface area contributed by atoms with Gasteiger partial charge < -0.3 is 26.0 Å². The van der Waals surface area contributed by atoms with Gasteiger partial charge in [0.25, 0.3) is 0 Å². The number of unbranched alkanes of at least 4 members (excludes halogenated alkanes) is 3. The Hall–Kier alpha value is -2.94. The van der Waals surface area contributed by atoms with Gasteiger partial charge in [0.15, 0.2) is 0 Å². The summed E-state index contributed by atoms with van der Waals surface area (Å²) in [6.07, 6.45) is 4.94. The summed E-state index contributed by atoms with van der Waals surface area (Å²) in [7, 11) is 0. The summed E-state index contributed by atoms with van der Waals surface area (Å²) in [4.78, 5) is 54.8. The number of carbonyl (C=O) groups is 4. The molecule has 1 aromatic rings. The van der Waals surface area contributed by atoms with E-state index in [1.807, 2.05) is 30.3 Å². The average Bonchev–Trinajstić information content (AvgIpc) is 3.32. The molecule has 0 radical (unpaired) electrons. The molecule has 9 heteroatoms. The Kier molecular flexibility index (Phi) is 9.26. The van der Waals surface area contributed by atoms with Crippen LogP contribution in [-0.2, 0) is 25.6 Å². The standard InChI is InChI=1S/C26H38N4O5/c1-26(2)25(35)28-20(17-18-11-6-5-7-12-18)24(34)30-15-10-14-21(30)23(33)27-19(22(32)29-26)13-8-3-4-9-16-31/h5-7,11-12,19-21,31H,3-4,8-10,13-17H2,1-2H3,(H,27,33)(H,28,35)(H,29,32)/t19-,20-,21+/m0/s1. The molecule has 4 amide bonds. The van der Waals surface area contributed by atoms with Gasteiger partial charge >= 0.3 is 0 Å². The van der Waals surface area contributed by atoms with Crippen LogP contribution >= 0.6 is 0 Å². The van der Waals surface area contributed by atoms with Crippen molar-refractivity contribution in [1.29, 1.82) is 0 Å². The highest BCUT2D eigenvalue weighted by Crippen LogP contribution is 2.21. The molecule has 0 aliphatic carbocycles. The lowest BCUT2D eigenvalue weighted by molar-refractivity contribution is -0.144. The third kappa shape index (κ3) is 7.04. The van der Waals surface area contributed by atoms with Crippen molar-refractivity contribution in [1.82, 2.24) is 20.9 Å². The summed E-state index contributed by atoms with van der Waals surface area (Å²) in [5.74, 6) is -1.50. The molecule has 0 saturated carbocycles. The molecule has 2 saturated heterocycles. The van der Waals surface area contributed by atoms with Crippen LogP contribution in [0.3, 0.4) is 0 Å². The van der Waals surface area contributed by atoms with Gasteiger partial charge in [0, 0.05) is 19.6 Å². The van der Waals surface area contributed by atoms with Crippen LogP contribution in [0.5, 0.6) is 0 Å². The average molecular weight is 487 g/mol. The minimum absolute atomic E-state index is 0.126. The molecular formula is C26H38N4O5. The predicted octanol–water partition coefficient (Wildman–Crippen LogP) is 1.04. The lowest BCUT2D eigenvalue weighted by Gasteiger charge is -2.34. The van der Waals surface area contributed by atoms with Gasteiger partial charge in [-0.1, -0.05) is 49.6 Å². The summed E-state index contributed by atoms with van der Waals surface area (Å²) in [6.45, 7) is 3.74. The van der Waals surface area contributed by atoms with Crippen molar-refractivity contribution >= 4 is 23.6 Å². The van der Waals surface area contributed by atoms with Crippen molar-refractivity contribution in [3.63, 3.8) is 0 Å². The molecule has 2 fully saturated rings. The van der Waals surface area contributed by atoms with Crippen LogP contribution in [0.15, 0.2) is 30.3 Å². The Bertz CT molecular complexity index is 904. The molecule has 0 spiro atoms. The monoisotopic (exact) mass is 486 g/mol. The number of aliphatic hydroxyl groups excluding tert-OH is 1. The van der Waals surface area contributed by atoms with E-state index in [0.29, 0.717) is 38.6 Å². The maximum atomic E-state index is 13.6. The highest BCUT2D eigenvalue weighted by molar-refractivity contribution is 5.99. The van der Waals surface area contributed by atoms with E-state index in [9.17, 15) is 19.2 Å². The highest BCUT2D eigenvalue weighted by Gasteiger charge is 2.42. The molecule has 0 unspecified atom stereocenters. The van der Waals surface area contributed by atoms with E-state index < -0.39 is 35.5 Å². The van der Waals surface area contributed by atoms with Crippen LogP contribution < -0.4 is 16.0 Å². The number of carbonyl (C=O) groups excluding carboxylic acids is 4. The Labute approximate surface area is 207 Å². The highest BCUT2D eigenvalue weighted by atomic mass is 16.3. The van der Waals surface area contributed by atoms with Crippen molar-refractivity contribution < 1.29 is 24.3 Å². The van der Waals surface area contributed by atoms with E-state index in [4.69, 9.17) is 5.11 Å². The van der Waals surface area contributed by atoms with Gasteiger partial charge in [-0.3, -0.25) is 19.2 Å². The van der Waals surface area contributed by atoms with Crippen LogP contribution in [0.1, 0.15) is 64.4 Å². The Morgan fingerprint density at radius 2 is 1.66 bits per heavy atom. The number of hydrogen-bond donors (Lipinski definition) is 4. The summed E-state index contributed by atoms with van der Waals surface area (Å²) < 4.78 is 0. The molecule has 4 N–H and O–H groups in total. The van der Waals surface area contributed by atoms with E-state index in [-0.39, 0.29) is 24.8 Å². The van der Waals surface area contributed by atoms with Crippen LogP contribution in [-0.4, -0.2) is 70.5 Å². The fraction of sp³-hybridized carbons (Fsp3) is 0.615. The van der Waals surface area contributed by atoms with Crippen LogP contribution in [0.2, 0.25) is 0 Å². The smallest absolute Gasteiger partial charge is 0.246 e. The third-order valence-electron chi connectivity index (χ3n) is 6.76. The molecule has 2 aliphatic rings. The lowest BCUT2D eigenvalue weighted by atomic mass is 9.98. The van der Waals surface area contributed by atoms with Crippen molar-refractivity contribution in [3.8, 4) is 0 Å². The number of nitrogens with one attached hydrogen (secondary N) is 3. The molecule has 3 rings (SSSR count). The van der Waals surface area contributed by atoms with Crippen LogP contribution in [0.25, 0.3) is 0 Å². The van der Waals surface area contributed by atoms with Gasteiger partial charge in [0.05, 0.1) is 0 Å². The maximum absolute atomic E-state index is 13.6. The number of hydrogen-bond acceptors (Lipinski definition) is 5. The summed E-state index contributed by atoms with van der Waals surface area (Å²) in [5.41, 5.74) is -0.392. The van der Waals surface area contributed by atoms with Crippen molar-refractivity contribution in [3.05, 3.63) is 35.9 Å². The number of fused-ring (bicyclic) bond motifs is 1. The zero-order valence-corrected chi connectivity index (χ0v) is 20.7. The topological polar surface area (TPSA) is 128 Å². The van der Waals surface area contributed by atoms with Gasteiger partial charge in [0.2, 0.25) is 23.6 Å². The van der Waals surface area contributed by atoms with Gasteiger partial charge in [-0.05, 0) is 45.1 Å². The molecular weight excluding hydrogens is 448 g/mol. The van der Waals surface area contributed by atoms with E-state index in [1.54, 1.807) is 18.7 Å². The summed E-state index contributed by atoms with van der Waals surface area (Å²) in [6, 6.07) is 7.08. The molecule has 3 atom stereocenters. The van der Waals surface area contributed by atoms with Crippen molar-refractivity contribution in [2.45, 2.75) is 88.9 Å². The first-order valence-corrected chi connectivity index (χ1v) is 12.6. The molecule has 2 aliphatic heterocycles. The second-order valence-electron chi connectivity index (χ2n) is 10.0. The molecule has 0 aromatic heterocycles. The van der Waals surface area contributed by atoms with E-state index in [0.717, 1.165) is 18.4 Å². The molecule has 1 aromatic carbocycles. The quantitative estimate of drug-likeness (QED) is 0.408. The summed E-state index contributed by atoms with van der Waals surface area (Å²) in [5, 5.41) is 17.5. The number of nitrogens with zero attached hydrogens (tertiary/aromatic N) is 1. The minimum Gasteiger partial charge on any atom is -0.396 e. The number of benzene rings is 1. The molecule has 192 valence electrons. The van der Waals surface area contributed by atoms with Crippen LogP contribution in [0.4, 0.5) is 0 Å². The molecule has 0 bridgehead atoms. The zero-order valence-electron chi connectivity index (χ0n) is 20.7. The molecule has 9 nitrogen and oxygen atoms in total. The van der Waals surface area contributed by atoms with Crippen molar-refractivity contribution in [2.75, 3.05) is 13.2 Å². The maximum Gasteiger partial charge on any atom is 0.246 e. The fourth-order valence-electron chi connectivity index (χ4n) is 4.69. The van der Waals surface area contributed by atoms with Gasteiger partial charge in [-0.25, -0.2) is 0 Å². The largest absolute Gasteiger partial charge is 0.396 e. The van der Waals surface area contributed by atoms with E-state index in [2.05, 4.69) is 16.0 Å². The van der Waals surface area contributed by atoms with E-state index >= 15 is 0 Å². The first kappa shape index (κ1) is 26.7. The second-order valence-corrected chi connectivity index (χ2v) is 10.0. The zero-order chi connectivity index (χ0) is 25.4. The number of amides is 4. The van der Waals surface area contributed by atoms with Gasteiger partial charge in [-0.2, -0.15) is 0 Å². The first-order chi connectivity index (χ1) is 16.7. The lowest BCUT2D eigenvalue weighted by Crippen LogP contribution is -2.64. The number of rotatable bonds is 8. The molecule has 35 heavy (non-hydrogen) atoms. The van der Waals surface area contributed by atoms with Gasteiger partial charge in [-0.15, -0.1) is 0 Å². The fourth-order valence-corrected chi connectivity index (χ4v) is 4.69. The Balaban J connectivity index is 1.85. The first-order valence-electron chi connectivity index (χ1n) is 12.6. The third-order valence-corrected chi connectivity index (χ3v) is 6.76. The number of aliphatic hydroxyl groups is 1. The normalized spacial score (nSPS) is 25.1. The predicted molar refractivity (Wildman–Crippen MR) is 131 cm³/mol. The minimum atomic E-state index is -1.28. The van der Waals surface area contributed by atoms with Gasteiger partial charge in [0.1, 0.15) is 23.7 Å². The van der Waals surface area contributed by atoms with E-state index in [1.165, 1.54) is 0 Å². The van der Waals surface area contributed by atoms with Crippen LogP contribution in [0, 0.1) is 0 Å². The molecule has 2 heterocycles. The summed E-state index contributed by atoms with van der Waals surface area (Å²) >= 11 is 0. The van der Waals surface area contributed by atoms with Crippen molar-refractivity contribution in [2.24, 2.45) is 0 Å². The SMILES string of the molecule is CC1(C)NC(=O)[C@H](CCCCCCO)NC(=O)[C@H]2CCCN2C(=O)[C@H](Cc2ccccc2)NC1=O. The Morgan fingerprint density at radius 1 is 0.943 bits per heavy atom.